The van der Waals surface area contributed by atoms with Crippen LogP contribution >= 0.6 is 0 Å². The highest BCUT2D eigenvalue weighted by Gasteiger charge is 2.21. The third-order valence-corrected chi connectivity index (χ3v) is 3.93. The minimum Gasteiger partial charge on any atom is -0.481 e. The molecule has 136 valence electrons. The zero-order valence-corrected chi connectivity index (χ0v) is 14.1. The molecule has 2 amide bonds. The minimum absolute atomic E-state index is 0.000304. The number of ether oxygens (including phenoxy) is 2. The number of hydrogen-bond acceptors (Lipinski definition) is 4. The van der Waals surface area contributed by atoms with E-state index in [0.29, 0.717) is 37.6 Å². The van der Waals surface area contributed by atoms with Crippen molar-refractivity contribution in [1.82, 2.24) is 4.90 Å². The Hall–Kier alpha value is -2.93. The Bertz CT molecular complexity index is 791. The molecule has 6 nitrogen and oxygen atoms in total. The second kappa shape index (κ2) is 8.44. The fraction of sp³-hybridized carbons (Fsp3) is 0.263. The van der Waals surface area contributed by atoms with Crippen LogP contribution in [0.5, 0.6) is 5.75 Å². The number of halogens is 1. The first-order valence-electron chi connectivity index (χ1n) is 8.28. The lowest BCUT2D eigenvalue weighted by Gasteiger charge is -2.27. The fourth-order valence-electron chi connectivity index (χ4n) is 2.61. The van der Waals surface area contributed by atoms with E-state index in [1.807, 2.05) is 0 Å². The topological polar surface area (TPSA) is 67.9 Å². The Morgan fingerprint density at radius 1 is 1.08 bits per heavy atom. The Morgan fingerprint density at radius 3 is 2.54 bits per heavy atom. The molecule has 1 aliphatic heterocycles. The number of rotatable bonds is 5. The third kappa shape index (κ3) is 4.37. The van der Waals surface area contributed by atoms with Crippen molar-refractivity contribution in [2.24, 2.45) is 0 Å². The molecule has 0 atom stereocenters. The number of benzene rings is 2. The molecule has 0 unspecified atom stereocenters. The summed E-state index contributed by atoms with van der Waals surface area (Å²) >= 11 is 0. The average Bonchev–Trinajstić information content (AvgIpc) is 2.68. The van der Waals surface area contributed by atoms with Crippen LogP contribution in [0, 0.1) is 5.82 Å². The van der Waals surface area contributed by atoms with E-state index in [9.17, 15) is 14.0 Å². The number of amides is 2. The van der Waals surface area contributed by atoms with Gasteiger partial charge < -0.3 is 19.7 Å². The first-order valence-corrected chi connectivity index (χ1v) is 8.28. The van der Waals surface area contributed by atoms with E-state index >= 15 is 0 Å². The Balaban J connectivity index is 1.65. The standard InChI is InChI=1S/C19H19FN2O4/c20-15-6-2-4-8-17(15)26-13-18(23)21-16-7-3-1-5-14(16)19(24)22-9-11-25-12-10-22/h1-8H,9-13H2,(H,21,23). The zero-order chi connectivity index (χ0) is 18.4. The molecule has 0 saturated carbocycles. The summed E-state index contributed by atoms with van der Waals surface area (Å²) in [4.78, 5) is 26.5. The summed E-state index contributed by atoms with van der Waals surface area (Å²) in [6.45, 7) is 1.66. The van der Waals surface area contributed by atoms with Crippen LogP contribution in [0.25, 0.3) is 0 Å². The second-order valence-electron chi connectivity index (χ2n) is 5.72. The number of carbonyl (C=O) groups excluding carboxylic acids is 2. The van der Waals surface area contributed by atoms with E-state index in [0.717, 1.165) is 0 Å². The van der Waals surface area contributed by atoms with Gasteiger partial charge in [-0.2, -0.15) is 0 Å². The summed E-state index contributed by atoms with van der Waals surface area (Å²) < 4.78 is 24.0. The second-order valence-corrected chi connectivity index (χ2v) is 5.72. The normalized spacial score (nSPS) is 14.0. The van der Waals surface area contributed by atoms with Crippen LogP contribution in [0.4, 0.5) is 10.1 Å². The largest absolute Gasteiger partial charge is 0.481 e. The van der Waals surface area contributed by atoms with E-state index in [1.54, 1.807) is 35.2 Å². The number of hydrogen-bond donors (Lipinski definition) is 1. The van der Waals surface area contributed by atoms with Crippen LogP contribution in [0.2, 0.25) is 0 Å². The molecule has 1 fully saturated rings. The molecule has 1 heterocycles. The maximum Gasteiger partial charge on any atom is 0.262 e. The molecule has 26 heavy (non-hydrogen) atoms. The van der Waals surface area contributed by atoms with E-state index in [1.165, 1.54) is 18.2 Å². The monoisotopic (exact) mass is 358 g/mol. The van der Waals surface area contributed by atoms with Gasteiger partial charge in [0.15, 0.2) is 18.2 Å². The Labute approximate surface area is 150 Å². The SMILES string of the molecule is O=C(COc1ccccc1F)Nc1ccccc1C(=O)N1CCOCC1. The lowest BCUT2D eigenvalue weighted by Crippen LogP contribution is -2.41. The van der Waals surface area contributed by atoms with Gasteiger partial charge in [-0.3, -0.25) is 9.59 Å². The van der Waals surface area contributed by atoms with Crippen molar-refractivity contribution in [2.75, 3.05) is 38.2 Å². The summed E-state index contributed by atoms with van der Waals surface area (Å²) in [6.07, 6.45) is 0. The molecule has 2 aromatic rings. The van der Waals surface area contributed by atoms with E-state index in [-0.39, 0.29) is 18.3 Å². The van der Waals surface area contributed by atoms with Crippen LogP contribution in [-0.2, 0) is 9.53 Å². The highest BCUT2D eigenvalue weighted by Crippen LogP contribution is 2.19. The lowest BCUT2D eigenvalue weighted by atomic mass is 10.1. The molecule has 3 rings (SSSR count). The van der Waals surface area contributed by atoms with Crippen molar-refractivity contribution >= 4 is 17.5 Å². The van der Waals surface area contributed by atoms with Crippen molar-refractivity contribution < 1.29 is 23.5 Å². The van der Waals surface area contributed by atoms with Gasteiger partial charge in [-0.25, -0.2) is 4.39 Å². The highest BCUT2D eigenvalue weighted by atomic mass is 19.1. The number of anilines is 1. The van der Waals surface area contributed by atoms with Gasteiger partial charge in [0.1, 0.15) is 0 Å². The molecule has 7 heteroatoms. The molecular formula is C19H19FN2O4. The molecule has 1 saturated heterocycles. The van der Waals surface area contributed by atoms with Crippen molar-refractivity contribution in [3.05, 3.63) is 59.9 Å². The van der Waals surface area contributed by atoms with Crippen LogP contribution < -0.4 is 10.1 Å². The number of carbonyl (C=O) groups is 2. The maximum atomic E-state index is 13.5. The van der Waals surface area contributed by atoms with Crippen LogP contribution in [0.3, 0.4) is 0 Å². The third-order valence-electron chi connectivity index (χ3n) is 3.93. The van der Waals surface area contributed by atoms with Crippen molar-refractivity contribution in [3.63, 3.8) is 0 Å². The number of nitrogens with one attached hydrogen (secondary N) is 1. The van der Waals surface area contributed by atoms with Crippen LogP contribution in [0.15, 0.2) is 48.5 Å². The quantitative estimate of drug-likeness (QED) is 0.891. The predicted octanol–water partition coefficient (Wildman–Crippen LogP) is 2.32. The van der Waals surface area contributed by atoms with Crippen molar-refractivity contribution in [3.8, 4) is 5.75 Å². The van der Waals surface area contributed by atoms with E-state index in [4.69, 9.17) is 9.47 Å². The Kier molecular flexibility index (Phi) is 5.80. The van der Waals surface area contributed by atoms with Gasteiger partial charge in [-0.05, 0) is 24.3 Å². The molecule has 2 aromatic carbocycles. The van der Waals surface area contributed by atoms with Crippen molar-refractivity contribution in [2.45, 2.75) is 0 Å². The smallest absolute Gasteiger partial charge is 0.262 e. The fourth-order valence-corrected chi connectivity index (χ4v) is 2.61. The molecule has 0 bridgehead atoms. The Morgan fingerprint density at radius 2 is 1.77 bits per heavy atom. The number of para-hydroxylation sites is 2. The average molecular weight is 358 g/mol. The van der Waals surface area contributed by atoms with E-state index in [2.05, 4.69) is 5.32 Å². The predicted molar refractivity (Wildman–Crippen MR) is 93.7 cm³/mol. The van der Waals surface area contributed by atoms with Gasteiger partial charge in [0.2, 0.25) is 0 Å². The zero-order valence-electron chi connectivity index (χ0n) is 14.1. The van der Waals surface area contributed by atoms with Crippen LogP contribution in [0.1, 0.15) is 10.4 Å². The maximum absolute atomic E-state index is 13.5. The molecule has 1 aliphatic rings. The molecule has 0 spiro atoms. The summed E-state index contributed by atoms with van der Waals surface area (Å²) in [5.41, 5.74) is 0.791. The van der Waals surface area contributed by atoms with Gasteiger partial charge >= 0.3 is 0 Å². The van der Waals surface area contributed by atoms with Gasteiger partial charge in [-0.1, -0.05) is 24.3 Å². The molecule has 0 aromatic heterocycles. The van der Waals surface area contributed by atoms with Gasteiger partial charge in [-0.15, -0.1) is 0 Å². The summed E-state index contributed by atoms with van der Waals surface area (Å²) in [5, 5.41) is 2.66. The number of morpholine rings is 1. The minimum atomic E-state index is -0.539. The summed E-state index contributed by atoms with van der Waals surface area (Å²) in [7, 11) is 0. The van der Waals surface area contributed by atoms with Gasteiger partial charge in [0.25, 0.3) is 11.8 Å². The summed E-state index contributed by atoms with van der Waals surface area (Å²) in [5.74, 6) is -1.18. The first-order chi connectivity index (χ1) is 12.6. The molecule has 1 N–H and O–H groups in total. The lowest BCUT2D eigenvalue weighted by molar-refractivity contribution is -0.118. The number of nitrogens with zero attached hydrogens (tertiary/aromatic N) is 1. The highest BCUT2D eigenvalue weighted by molar-refractivity contribution is 6.04. The first kappa shape index (κ1) is 17.9. The summed E-state index contributed by atoms with van der Waals surface area (Å²) in [6, 6.07) is 12.6. The molecule has 0 radical (unpaired) electrons. The molecular weight excluding hydrogens is 339 g/mol. The van der Waals surface area contributed by atoms with E-state index < -0.39 is 11.7 Å². The van der Waals surface area contributed by atoms with Crippen molar-refractivity contribution in [1.29, 1.82) is 0 Å². The van der Waals surface area contributed by atoms with Crippen LogP contribution in [-0.4, -0.2) is 49.6 Å². The molecule has 0 aliphatic carbocycles. The van der Waals surface area contributed by atoms with Gasteiger partial charge in [0.05, 0.1) is 24.5 Å². The van der Waals surface area contributed by atoms with Gasteiger partial charge in [0, 0.05) is 13.1 Å².